The minimum Gasteiger partial charge on any atom is -0.481 e. The van der Waals surface area contributed by atoms with Crippen LogP contribution in [0.5, 0.6) is 0 Å². The maximum atomic E-state index is 14.1. The number of carboxylic acid groups (broad SMARTS) is 1. The molecule has 1 unspecified atom stereocenters. The highest BCUT2D eigenvalue weighted by atomic mass is 19.3. The summed E-state index contributed by atoms with van der Waals surface area (Å²) in [6.07, 6.45) is 8.97. The van der Waals surface area contributed by atoms with Gasteiger partial charge in [0.05, 0.1) is 0 Å². The summed E-state index contributed by atoms with van der Waals surface area (Å²) in [5, 5.41) is 9.08. The molecule has 0 spiro atoms. The van der Waals surface area contributed by atoms with Crippen LogP contribution in [0.3, 0.4) is 0 Å². The van der Waals surface area contributed by atoms with Crippen LogP contribution in [0.15, 0.2) is 0 Å². The van der Waals surface area contributed by atoms with Crippen molar-refractivity contribution in [3.05, 3.63) is 0 Å². The molecule has 0 aromatic heterocycles. The van der Waals surface area contributed by atoms with E-state index in [0.29, 0.717) is 41.4 Å². The Kier molecular flexibility index (Phi) is 5.11. The van der Waals surface area contributed by atoms with Crippen molar-refractivity contribution >= 4 is 5.97 Å². The van der Waals surface area contributed by atoms with Crippen LogP contribution < -0.4 is 0 Å². The zero-order valence-corrected chi connectivity index (χ0v) is 17.9. The third-order valence-corrected chi connectivity index (χ3v) is 10.2. The molecule has 4 rings (SSSR count). The summed E-state index contributed by atoms with van der Waals surface area (Å²) in [4.78, 5) is 11.0. The number of rotatable bonds is 4. The molecule has 4 saturated carbocycles. The van der Waals surface area contributed by atoms with Crippen LogP contribution in [0.1, 0.15) is 91.4 Å². The molecule has 0 bridgehead atoms. The van der Waals surface area contributed by atoms with Crippen LogP contribution in [0, 0.1) is 46.3 Å². The molecule has 1 N–H and O–H groups in total. The molecule has 4 heteroatoms. The summed E-state index contributed by atoms with van der Waals surface area (Å²) in [5.74, 6) is 0.185. The third-order valence-electron chi connectivity index (χ3n) is 10.2. The van der Waals surface area contributed by atoms with Gasteiger partial charge < -0.3 is 5.11 Å². The standard InChI is InChI=1S/C24H38F2O2/c1-15(4-9-21(27)28)18-7-8-19-17-6-5-16-14-24(25,26)13-12-22(16,2)20(17)10-11-23(18,19)3/h15-20H,4-14H2,1-3H3,(H,27,28)/t15-,16-,17+,18?,19+,20+,22+,23-/m1/s1. The Labute approximate surface area is 168 Å². The smallest absolute Gasteiger partial charge is 0.303 e. The Morgan fingerprint density at radius 3 is 2.43 bits per heavy atom. The van der Waals surface area contributed by atoms with Crippen LogP contribution in [0.4, 0.5) is 8.78 Å². The second kappa shape index (κ2) is 6.94. The maximum Gasteiger partial charge on any atom is 0.303 e. The number of alkyl halides is 2. The van der Waals surface area contributed by atoms with Crippen molar-refractivity contribution in [1.82, 2.24) is 0 Å². The van der Waals surface area contributed by atoms with E-state index in [2.05, 4.69) is 20.8 Å². The van der Waals surface area contributed by atoms with Gasteiger partial charge in [0.1, 0.15) is 0 Å². The molecule has 0 saturated heterocycles. The summed E-state index contributed by atoms with van der Waals surface area (Å²) >= 11 is 0. The van der Waals surface area contributed by atoms with E-state index in [1.54, 1.807) is 0 Å². The fourth-order valence-corrected chi connectivity index (χ4v) is 8.70. The van der Waals surface area contributed by atoms with E-state index in [1.165, 1.54) is 25.7 Å². The number of hydrogen-bond donors (Lipinski definition) is 1. The number of aliphatic carboxylic acids is 1. The van der Waals surface area contributed by atoms with E-state index < -0.39 is 11.9 Å². The molecular weight excluding hydrogens is 358 g/mol. The number of carboxylic acids is 1. The minimum absolute atomic E-state index is 0.0833. The average Bonchev–Trinajstić information content (AvgIpc) is 2.97. The molecule has 0 aliphatic heterocycles. The van der Waals surface area contributed by atoms with Crippen molar-refractivity contribution in [3.63, 3.8) is 0 Å². The molecule has 4 fully saturated rings. The van der Waals surface area contributed by atoms with E-state index in [0.717, 1.165) is 19.3 Å². The minimum atomic E-state index is -2.45. The zero-order valence-electron chi connectivity index (χ0n) is 17.9. The third kappa shape index (κ3) is 3.21. The van der Waals surface area contributed by atoms with Crippen molar-refractivity contribution < 1.29 is 18.7 Å². The summed E-state index contributed by atoms with van der Waals surface area (Å²) < 4.78 is 28.1. The van der Waals surface area contributed by atoms with Crippen molar-refractivity contribution in [2.75, 3.05) is 0 Å². The second-order valence-electron chi connectivity index (χ2n) is 11.4. The number of halogens is 2. The monoisotopic (exact) mass is 396 g/mol. The lowest BCUT2D eigenvalue weighted by Gasteiger charge is -2.61. The van der Waals surface area contributed by atoms with Gasteiger partial charge in [-0.25, -0.2) is 8.78 Å². The van der Waals surface area contributed by atoms with Gasteiger partial charge >= 0.3 is 5.97 Å². The quantitative estimate of drug-likeness (QED) is 0.568. The van der Waals surface area contributed by atoms with Gasteiger partial charge in [0, 0.05) is 19.3 Å². The van der Waals surface area contributed by atoms with Gasteiger partial charge in [-0.3, -0.25) is 4.79 Å². The van der Waals surface area contributed by atoms with Gasteiger partial charge in [0.15, 0.2) is 0 Å². The number of hydrogen-bond acceptors (Lipinski definition) is 1. The Morgan fingerprint density at radius 1 is 1.00 bits per heavy atom. The lowest BCUT2D eigenvalue weighted by molar-refractivity contribution is -0.164. The predicted octanol–water partition coefficient (Wildman–Crippen LogP) is 6.78. The highest BCUT2D eigenvalue weighted by Gasteiger charge is 2.62. The van der Waals surface area contributed by atoms with Crippen molar-refractivity contribution in [1.29, 1.82) is 0 Å². The largest absolute Gasteiger partial charge is 0.481 e. The Morgan fingerprint density at radius 2 is 1.71 bits per heavy atom. The fraction of sp³-hybridized carbons (Fsp3) is 0.958. The Balaban J connectivity index is 1.51. The van der Waals surface area contributed by atoms with E-state index in [-0.39, 0.29) is 30.6 Å². The van der Waals surface area contributed by atoms with E-state index >= 15 is 0 Å². The van der Waals surface area contributed by atoms with Crippen molar-refractivity contribution in [3.8, 4) is 0 Å². The lowest BCUT2D eigenvalue weighted by Crippen LogP contribution is -2.55. The first kappa shape index (κ1) is 20.6. The molecule has 0 heterocycles. The molecule has 0 aromatic rings. The predicted molar refractivity (Wildman–Crippen MR) is 106 cm³/mol. The summed E-state index contributed by atoms with van der Waals surface area (Å²) in [6.45, 7) is 7.08. The highest BCUT2D eigenvalue weighted by Crippen LogP contribution is 2.69. The SMILES string of the molecule is C[C@H](CCC(=O)O)C1CC[C@H]2[C@@H]3CC[C@@H]4CC(F)(F)CC[C@]4(C)[C@H]3CC[C@]12C. The highest BCUT2D eigenvalue weighted by molar-refractivity contribution is 5.66. The first-order chi connectivity index (χ1) is 13.1. The molecule has 0 amide bonds. The Hall–Kier alpha value is -0.670. The van der Waals surface area contributed by atoms with Crippen LogP contribution in [0.2, 0.25) is 0 Å². The van der Waals surface area contributed by atoms with Gasteiger partial charge in [-0.1, -0.05) is 20.8 Å². The topological polar surface area (TPSA) is 37.3 Å². The van der Waals surface area contributed by atoms with Gasteiger partial charge in [0.2, 0.25) is 5.92 Å². The van der Waals surface area contributed by atoms with E-state index in [4.69, 9.17) is 5.11 Å². The van der Waals surface area contributed by atoms with Gasteiger partial charge in [-0.05, 0) is 97.7 Å². The first-order valence-corrected chi connectivity index (χ1v) is 11.7. The molecule has 28 heavy (non-hydrogen) atoms. The van der Waals surface area contributed by atoms with Crippen molar-refractivity contribution in [2.45, 2.75) is 97.3 Å². The van der Waals surface area contributed by atoms with E-state index in [9.17, 15) is 13.6 Å². The van der Waals surface area contributed by atoms with E-state index in [1.807, 2.05) is 0 Å². The van der Waals surface area contributed by atoms with Crippen LogP contribution >= 0.6 is 0 Å². The maximum absolute atomic E-state index is 14.1. The number of fused-ring (bicyclic) bond motifs is 5. The van der Waals surface area contributed by atoms with Crippen LogP contribution in [-0.2, 0) is 4.79 Å². The summed E-state index contributed by atoms with van der Waals surface area (Å²) in [7, 11) is 0. The number of carbonyl (C=O) groups is 1. The fourth-order valence-electron chi connectivity index (χ4n) is 8.70. The molecule has 2 nitrogen and oxygen atoms in total. The molecule has 160 valence electrons. The molecule has 8 atom stereocenters. The molecule has 0 aromatic carbocycles. The summed E-state index contributed by atoms with van der Waals surface area (Å²) in [6, 6.07) is 0. The average molecular weight is 397 g/mol. The van der Waals surface area contributed by atoms with Gasteiger partial charge in [0.25, 0.3) is 0 Å². The lowest BCUT2D eigenvalue weighted by atomic mass is 9.44. The van der Waals surface area contributed by atoms with Gasteiger partial charge in [-0.15, -0.1) is 0 Å². The molecule has 0 radical (unpaired) electrons. The molecule has 4 aliphatic rings. The van der Waals surface area contributed by atoms with Crippen LogP contribution in [0.25, 0.3) is 0 Å². The van der Waals surface area contributed by atoms with Crippen LogP contribution in [-0.4, -0.2) is 17.0 Å². The second-order valence-corrected chi connectivity index (χ2v) is 11.4. The summed E-state index contributed by atoms with van der Waals surface area (Å²) in [5.41, 5.74) is 0.430. The molecule has 4 aliphatic carbocycles. The van der Waals surface area contributed by atoms with Gasteiger partial charge in [-0.2, -0.15) is 0 Å². The molecular formula is C24H38F2O2. The zero-order chi connectivity index (χ0) is 20.3. The van der Waals surface area contributed by atoms with Crippen molar-refractivity contribution in [2.24, 2.45) is 46.3 Å². The first-order valence-electron chi connectivity index (χ1n) is 11.7. The normalized spacial score (nSPS) is 48.2. The Bertz CT molecular complexity index is 620.